The third-order valence-electron chi connectivity index (χ3n) is 4.19. The van der Waals surface area contributed by atoms with Crippen molar-refractivity contribution in [3.05, 3.63) is 27.1 Å². The number of fused-ring (bicyclic) bond motifs is 1. The van der Waals surface area contributed by atoms with E-state index >= 15 is 0 Å². The van der Waals surface area contributed by atoms with Crippen molar-refractivity contribution in [3.63, 3.8) is 0 Å². The summed E-state index contributed by atoms with van der Waals surface area (Å²) in [6.45, 7) is 4.62. The fourth-order valence-corrected chi connectivity index (χ4v) is 3.41. The zero-order valence-corrected chi connectivity index (χ0v) is 12.7. The number of aromatic nitrogens is 2. The highest BCUT2D eigenvalue weighted by molar-refractivity contribution is 9.10. The van der Waals surface area contributed by atoms with Crippen molar-refractivity contribution in [2.24, 2.45) is 5.41 Å². The van der Waals surface area contributed by atoms with Gasteiger partial charge in [0.15, 0.2) is 0 Å². The molecule has 1 heterocycles. The number of nitrogens with one attached hydrogen (secondary N) is 3. The molecule has 0 amide bonds. The summed E-state index contributed by atoms with van der Waals surface area (Å²) in [5.41, 5.74) is 2.86. The highest BCUT2D eigenvalue weighted by Crippen LogP contribution is 2.40. The third kappa shape index (κ3) is 2.31. The fraction of sp³-hybridized carbons (Fsp3) is 0.500. The minimum Gasteiger partial charge on any atom is -0.381 e. The Morgan fingerprint density at radius 2 is 2.00 bits per heavy atom. The zero-order chi connectivity index (χ0) is 13.6. The summed E-state index contributed by atoms with van der Waals surface area (Å²) in [6, 6.07) is 4.41. The number of halogens is 1. The molecule has 102 valence electrons. The SMILES string of the molecule is CC1(C)CCCC1Nc1cc2[nH]c(=O)[nH]c2cc1Br. The van der Waals surface area contributed by atoms with Crippen molar-refractivity contribution in [3.8, 4) is 0 Å². The molecule has 3 rings (SSSR count). The first-order valence-electron chi connectivity index (χ1n) is 6.64. The monoisotopic (exact) mass is 323 g/mol. The maximum absolute atomic E-state index is 11.3. The van der Waals surface area contributed by atoms with Gasteiger partial charge < -0.3 is 15.3 Å². The van der Waals surface area contributed by atoms with Gasteiger partial charge in [-0.3, -0.25) is 0 Å². The molecule has 1 aliphatic rings. The first kappa shape index (κ1) is 12.8. The lowest BCUT2D eigenvalue weighted by Crippen LogP contribution is -2.30. The lowest BCUT2D eigenvalue weighted by atomic mass is 9.87. The Balaban J connectivity index is 1.96. The molecule has 0 radical (unpaired) electrons. The van der Waals surface area contributed by atoms with Gasteiger partial charge in [-0.05, 0) is 46.3 Å². The van der Waals surface area contributed by atoms with E-state index in [9.17, 15) is 4.79 Å². The van der Waals surface area contributed by atoms with E-state index in [-0.39, 0.29) is 5.69 Å². The molecule has 1 aliphatic carbocycles. The van der Waals surface area contributed by atoms with E-state index in [1.54, 1.807) is 0 Å². The van der Waals surface area contributed by atoms with Crippen molar-refractivity contribution in [1.29, 1.82) is 0 Å². The van der Waals surface area contributed by atoms with Crippen LogP contribution in [0.4, 0.5) is 5.69 Å². The highest BCUT2D eigenvalue weighted by Gasteiger charge is 2.34. The molecule has 1 unspecified atom stereocenters. The average molecular weight is 324 g/mol. The van der Waals surface area contributed by atoms with E-state index in [4.69, 9.17) is 0 Å². The van der Waals surface area contributed by atoms with Gasteiger partial charge in [-0.2, -0.15) is 0 Å². The van der Waals surface area contributed by atoms with E-state index in [1.807, 2.05) is 12.1 Å². The molecule has 4 nitrogen and oxygen atoms in total. The third-order valence-corrected chi connectivity index (χ3v) is 4.85. The predicted octanol–water partition coefficient (Wildman–Crippen LogP) is 3.61. The van der Waals surface area contributed by atoms with Gasteiger partial charge in [-0.15, -0.1) is 0 Å². The topological polar surface area (TPSA) is 60.7 Å². The Hall–Kier alpha value is -1.23. The summed E-state index contributed by atoms with van der Waals surface area (Å²) in [5.74, 6) is 0. The van der Waals surface area contributed by atoms with Crippen molar-refractivity contribution < 1.29 is 0 Å². The highest BCUT2D eigenvalue weighted by atomic mass is 79.9. The van der Waals surface area contributed by atoms with E-state index in [2.05, 4.69) is 45.1 Å². The molecule has 5 heteroatoms. The van der Waals surface area contributed by atoms with Crippen LogP contribution in [-0.2, 0) is 0 Å². The second kappa shape index (κ2) is 4.40. The molecule has 0 aliphatic heterocycles. The molecule has 1 saturated carbocycles. The molecule has 2 aromatic rings. The summed E-state index contributed by atoms with van der Waals surface area (Å²) in [7, 11) is 0. The first-order chi connectivity index (χ1) is 8.95. The van der Waals surface area contributed by atoms with E-state index in [0.29, 0.717) is 11.5 Å². The Morgan fingerprint density at radius 3 is 2.63 bits per heavy atom. The second-order valence-electron chi connectivity index (χ2n) is 6.03. The second-order valence-corrected chi connectivity index (χ2v) is 6.89. The Labute approximate surface area is 120 Å². The van der Waals surface area contributed by atoms with Crippen LogP contribution in [0.1, 0.15) is 33.1 Å². The number of hydrogen-bond donors (Lipinski definition) is 3. The minimum atomic E-state index is -0.166. The van der Waals surface area contributed by atoms with Crippen LogP contribution in [0.25, 0.3) is 11.0 Å². The molecule has 0 bridgehead atoms. The normalized spacial score (nSPS) is 21.9. The predicted molar refractivity (Wildman–Crippen MR) is 81.7 cm³/mol. The number of imidazole rings is 1. The molecule has 1 aromatic carbocycles. The van der Waals surface area contributed by atoms with Gasteiger partial charge in [0, 0.05) is 10.5 Å². The number of anilines is 1. The summed E-state index contributed by atoms with van der Waals surface area (Å²) in [5, 5.41) is 3.62. The van der Waals surface area contributed by atoms with Crippen LogP contribution in [0.2, 0.25) is 0 Å². The van der Waals surface area contributed by atoms with Gasteiger partial charge in [0.25, 0.3) is 0 Å². The fourth-order valence-electron chi connectivity index (χ4n) is 2.95. The summed E-state index contributed by atoms with van der Waals surface area (Å²) in [6.07, 6.45) is 3.72. The first-order valence-corrected chi connectivity index (χ1v) is 7.43. The van der Waals surface area contributed by atoms with Crippen LogP contribution >= 0.6 is 15.9 Å². The Bertz CT molecular complexity index is 671. The smallest absolute Gasteiger partial charge is 0.323 e. The van der Waals surface area contributed by atoms with Crippen LogP contribution in [0.5, 0.6) is 0 Å². The van der Waals surface area contributed by atoms with Crippen molar-refractivity contribution in [2.75, 3.05) is 5.32 Å². The zero-order valence-electron chi connectivity index (χ0n) is 11.1. The maximum atomic E-state index is 11.3. The molecular formula is C14H18BrN3O. The summed E-state index contributed by atoms with van der Waals surface area (Å²) >= 11 is 3.57. The van der Waals surface area contributed by atoms with Gasteiger partial charge >= 0.3 is 5.69 Å². The van der Waals surface area contributed by atoms with Gasteiger partial charge in [0.2, 0.25) is 0 Å². The summed E-state index contributed by atoms with van der Waals surface area (Å²) in [4.78, 5) is 16.9. The van der Waals surface area contributed by atoms with Gasteiger partial charge in [-0.25, -0.2) is 4.79 Å². The number of aromatic amines is 2. The van der Waals surface area contributed by atoms with E-state index in [0.717, 1.165) is 21.2 Å². The van der Waals surface area contributed by atoms with Gasteiger partial charge in [-0.1, -0.05) is 20.3 Å². The van der Waals surface area contributed by atoms with E-state index < -0.39 is 0 Å². The van der Waals surface area contributed by atoms with Crippen molar-refractivity contribution in [2.45, 2.75) is 39.2 Å². The number of H-pyrrole nitrogens is 2. The van der Waals surface area contributed by atoms with Crippen LogP contribution in [0.3, 0.4) is 0 Å². The molecule has 1 aromatic heterocycles. The molecular weight excluding hydrogens is 306 g/mol. The summed E-state index contributed by atoms with van der Waals surface area (Å²) < 4.78 is 0.984. The Kier molecular flexibility index (Phi) is 2.96. The van der Waals surface area contributed by atoms with Crippen molar-refractivity contribution >= 4 is 32.7 Å². The average Bonchev–Trinajstić information content (AvgIpc) is 2.82. The van der Waals surface area contributed by atoms with E-state index in [1.165, 1.54) is 19.3 Å². The van der Waals surface area contributed by atoms with Gasteiger partial charge in [0.1, 0.15) is 0 Å². The van der Waals surface area contributed by atoms with Crippen LogP contribution in [-0.4, -0.2) is 16.0 Å². The van der Waals surface area contributed by atoms with Gasteiger partial charge in [0.05, 0.1) is 16.7 Å². The maximum Gasteiger partial charge on any atom is 0.323 e. The number of rotatable bonds is 2. The van der Waals surface area contributed by atoms with Crippen LogP contribution < -0.4 is 11.0 Å². The van der Waals surface area contributed by atoms with Crippen LogP contribution in [0.15, 0.2) is 21.4 Å². The quantitative estimate of drug-likeness (QED) is 0.790. The lowest BCUT2D eigenvalue weighted by Gasteiger charge is -2.29. The van der Waals surface area contributed by atoms with Crippen LogP contribution in [0, 0.1) is 5.41 Å². The number of hydrogen-bond acceptors (Lipinski definition) is 2. The molecule has 1 fully saturated rings. The standard InChI is InChI=1S/C14H18BrN3O/c1-14(2)5-3-4-12(14)16-9-7-11-10(6-8(9)15)17-13(19)18-11/h6-7,12,16H,3-5H2,1-2H3,(H2,17,18,19). The van der Waals surface area contributed by atoms with Crippen molar-refractivity contribution in [1.82, 2.24) is 9.97 Å². The lowest BCUT2D eigenvalue weighted by molar-refractivity contribution is 0.350. The minimum absolute atomic E-state index is 0.166. The molecule has 19 heavy (non-hydrogen) atoms. The largest absolute Gasteiger partial charge is 0.381 e. The number of benzene rings is 1. The molecule has 0 spiro atoms. The Morgan fingerprint density at radius 1 is 1.32 bits per heavy atom. The molecule has 0 saturated heterocycles. The molecule has 1 atom stereocenters. The molecule has 3 N–H and O–H groups in total.